The van der Waals surface area contributed by atoms with Crippen LogP contribution in [-0.2, 0) is 4.79 Å². The SMILES string of the molecule is CCNC(=O)C=Cc1cc(Cl)c(OC)c(OCC)c1. The first kappa shape index (κ1) is 15.4. The fourth-order valence-corrected chi connectivity index (χ4v) is 1.85. The third-order valence-corrected chi connectivity index (χ3v) is 2.59. The Kier molecular flexibility index (Phi) is 6.22. The first-order valence-corrected chi connectivity index (χ1v) is 6.46. The second-order valence-corrected chi connectivity index (χ2v) is 4.10. The molecule has 0 heterocycles. The highest BCUT2D eigenvalue weighted by atomic mass is 35.5. The van der Waals surface area contributed by atoms with Gasteiger partial charge in [-0.25, -0.2) is 0 Å². The molecule has 0 atom stereocenters. The van der Waals surface area contributed by atoms with Crippen LogP contribution in [0.15, 0.2) is 18.2 Å². The van der Waals surface area contributed by atoms with Crippen LogP contribution in [0.1, 0.15) is 19.4 Å². The quantitative estimate of drug-likeness (QED) is 0.817. The highest BCUT2D eigenvalue weighted by Gasteiger charge is 2.10. The van der Waals surface area contributed by atoms with Crippen LogP contribution in [0.4, 0.5) is 0 Å². The lowest BCUT2D eigenvalue weighted by molar-refractivity contribution is -0.116. The van der Waals surface area contributed by atoms with Crippen molar-refractivity contribution >= 4 is 23.6 Å². The van der Waals surface area contributed by atoms with Crippen molar-refractivity contribution in [1.82, 2.24) is 5.32 Å². The van der Waals surface area contributed by atoms with Gasteiger partial charge in [0.25, 0.3) is 0 Å². The minimum absolute atomic E-state index is 0.146. The number of rotatable bonds is 6. The molecule has 4 nitrogen and oxygen atoms in total. The summed E-state index contributed by atoms with van der Waals surface area (Å²) < 4.78 is 10.6. The van der Waals surface area contributed by atoms with E-state index in [-0.39, 0.29) is 5.91 Å². The van der Waals surface area contributed by atoms with E-state index in [0.717, 1.165) is 5.56 Å². The molecule has 1 aromatic carbocycles. The number of halogens is 1. The van der Waals surface area contributed by atoms with Crippen LogP contribution in [0.2, 0.25) is 5.02 Å². The summed E-state index contributed by atoms with van der Waals surface area (Å²) in [6.07, 6.45) is 3.14. The summed E-state index contributed by atoms with van der Waals surface area (Å²) in [6.45, 7) is 4.85. The van der Waals surface area contributed by atoms with Gasteiger partial charge in [-0.05, 0) is 37.6 Å². The molecule has 104 valence electrons. The minimum atomic E-state index is -0.146. The number of hydrogen-bond acceptors (Lipinski definition) is 3. The van der Waals surface area contributed by atoms with Crippen LogP contribution in [-0.4, -0.2) is 26.2 Å². The number of nitrogens with one attached hydrogen (secondary N) is 1. The summed E-state index contributed by atoms with van der Waals surface area (Å²) in [5.41, 5.74) is 0.778. The maximum Gasteiger partial charge on any atom is 0.243 e. The third kappa shape index (κ3) is 4.48. The highest BCUT2D eigenvalue weighted by Crippen LogP contribution is 2.36. The molecule has 0 spiro atoms. The number of ether oxygens (including phenoxy) is 2. The van der Waals surface area contributed by atoms with E-state index in [1.165, 1.54) is 13.2 Å². The van der Waals surface area contributed by atoms with Crippen LogP contribution < -0.4 is 14.8 Å². The van der Waals surface area contributed by atoms with Crippen molar-refractivity contribution in [2.24, 2.45) is 0 Å². The van der Waals surface area contributed by atoms with Crippen LogP contribution in [0.5, 0.6) is 11.5 Å². The first-order chi connectivity index (χ1) is 9.12. The summed E-state index contributed by atoms with van der Waals surface area (Å²) in [6, 6.07) is 3.50. The molecule has 19 heavy (non-hydrogen) atoms. The highest BCUT2D eigenvalue weighted by molar-refractivity contribution is 6.32. The maximum atomic E-state index is 11.3. The topological polar surface area (TPSA) is 47.6 Å². The maximum absolute atomic E-state index is 11.3. The van der Waals surface area contributed by atoms with E-state index in [1.54, 1.807) is 18.2 Å². The molecule has 0 bridgehead atoms. The minimum Gasteiger partial charge on any atom is -0.491 e. The Morgan fingerprint density at radius 1 is 1.42 bits per heavy atom. The molecule has 0 aliphatic heterocycles. The second kappa shape index (κ2) is 7.69. The molecule has 1 amide bonds. The predicted molar refractivity (Wildman–Crippen MR) is 76.9 cm³/mol. The summed E-state index contributed by atoms with van der Waals surface area (Å²) in [5, 5.41) is 3.13. The van der Waals surface area contributed by atoms with Gasteiger partial charge in [-0.1, -0.05) is 11.6 Å². The summed E-state index contributed by atoms with van der Waals surface area (Å²) in [7, 11) is 1.54. The van der Waals surface area contributed by atoms with Gasteiger partial charge in [0.1, 0.15) is 0 Å². The zero-order valence-corrected chi connectivity index (χ0v) is 12.1. The molecular weight excluding hydrogens is 266 g/mol. The van der Waals surface area contributed by atoms with Crippen molar-refractivity contribution < 1.29 is 14.3 Å². The number of benzene rings is 1. The lowest BCUT2D eigenvalue weighted by Gasteiger charge is -2.11. The Morgan fingerprint density at radius 2 is 2.16 bits per heavy atom. The van der Waals surface area contributed by atoms with Gasteiger partial charge in [0, 0.05) is 12.6 Å². The lowest BCUT2D eigenvalue weighted by Crippen LogP contribution is -2.19. The number of amides is 1. The monoisotopic (exact) mass is 283 g/mol. The van der Waals surface area contributed by atoms with Gasteiger partial charge in [0.15, 0.2) is 11.5 Å². The van der Waals surface area contributed by atoms with Gasteiger partial charge < -0.3 is 14.8 Å². The molecular formula is C14H18ClNO3. The van der Waals surface area contributed by atoms with Crippen molar-refractivity contribution in [2.45, 2.75) is 13.8 Å². The Balaban J connectivity index is 3.00. The lowest BCUT2D eigenvalue weighted by atomic mass is 10.2. The summed E-state index contributed by atoms with van der Waals surface area (Å²) >= 11 is 6.11. The largest absolute Gasteiger partial charge is 0.491 e. The van der Waals surface area contributed by atoms with Crippen molar-refractivity contribution in [1.29, 1.82) is 0 Å². The van der Waals surface area contributed by atoms with E-state index in [1.807, 2.05) is 13.8 Å². The van der Waals surface area contributed by atoms with E-state index in [2.05, 4.69) is 5.32 Å². The van der Waals surface area contributed by atoms with Crippen molar-refractivity contribution in [3.05, 3.63) is 28.8 Å². The molecule has 5 heteroatoms. The predicted octanol–water partition coefficient (Wildman–Crippen LogP) is 2.90. The zero-order valence-electron chi connectivity index (χ0n) is 11.3. The first-order valence-electron chi connectivity index (χ1n) is 6.08. The number of carbonyl (C=O) groups is 1. The molecule has 0 radical (unpaired) electrons. The molecule has 1 aromatic rings. The van der Waals surface area contributed by atoms with Gasteiger partial charge in [-0.15, -0.1) is 0 Å². The molecule has 0 aromatic heterocycles. The Hall–Kier alpha value is -1.68. The molecule has 0 saturated heterocycles. The molecule has 0 saturated carbocycles. The number of methoxy groups -OCH3 is 1. The van der Waals surface area contributed by atoms with Gasteiger partial charge in [0.2, 0.25) is 5.91 Å². The zero-order chi connectivity index (χ0) is 14.3. The van der Waals surface area contributed by atoms with Gasteiger partial charge in [-0.2, -0.15) is 0 Å². The molecule has 0 aliphatic carbocycles. The Labute approximate surface area is 118 Å². The van der Waals surface area contributed by atoms with Crippen molar-refractivity contribution in [3.63, 3.8) is 0 Å². The molecule has 1 rings (SSSR count). The van der Waals surface area contributed by atoms with Gasteiger partial charge >= 0.3 is 0 Å². The number of likely N-dealkylation sites (N-methyl/N-ethyl adjacent to an activating group) is 1. The normalized spacial score (nSPS) is 10.5. The molecule has 1 N–H and O–H groups in total. The van der Waals surface area contributed by atoms with Crippen molar-refractivity contribution in [2.75, 3.05) is 20.3 Å². The summed E-state index contributed by atoms with van der Waals surface area (Å²) in [4.78, 5) is 11.3. The van der Waals surface area contributed by atoms with E-state index in [9.17, 15) is 4.79 Å². The fraction of sp³-hybridized carbons (Fsp3) is 0.357. The van der Waals surface area contributed by atoms with Crippen LogP contribution in [0.25, 0.3) is 6.08 Å². The third-order valence-electron chi connectivity index (χ3n) is 2.31. The number of hydrogen-bond donors (Lipinski definition) is 1. The molecule has 0 fully saturated rings. The fourth-order valence-electron chi connectivity index (χ4n) is 1.55. The van der Waals surface area contributed by atoms with Crippen LogP contribution in [0, 0.1) is 0 Å². The molecule has 0 aliphatic rings. The van der Waals surface area contributed by atoms with E-state index < -0.39 is 0 Å². The second-order valence-electron chi connectivity index (χ2n) is 3.70. The standard InChI is InChI=1S/C14H18ClNO3/c1-4-16-13(17)7-6-10-8-11(15)14(18-3)12(9-10)19-5-2/h6-9H,4-5H2,1-3H3,(H,16,17). The number of carbonyl (C=O) groups excluding carboxylic acids is 1. The Morgan fingerprint density at radius 3 is 2.74 bits per heavy atom. The van der Waals surface area contributed by atoms with E-state index >= 15 is 0 Å². The van der Waals surface area contributed by atoms with Crippen molar-refractivity contribution in [3.8, 4) is 11.5 Å². The average molecular weight is 284 g/mol. The average Bonchev–Trinajstić information content (AvgIpc) is 2.37. The van der Waals surface area contributed by atoms with Crippen LogP contribution >= 0.6 is 11.6 Å². The van der Waals surface area contributed by atoms with Gasteiger partial charge in [-0.3, -0.25) is 4.79 Å². The molecule has 0 unspecified atom stereocenters. The Bertz CT molecular complexity index is 472. The summed E-state index contributed by atoms with van der Waals surface area (Å²) in [5.74, 6) is 0.916. The van der Waals surface area contributed by atoms with E-state index in [4.69, 9.17) is 21.1 Å². The van der Waals surface area contributed by atoms with E-state index in [0.29, 0.717) is 29.7 Å². The smallest absolute Gasteiger partial charge is 0.243 e. The van der Waals surface area contributed by atoms with Crippen LogP contribution in [0.3, 0.4) is 0 Å². The van der Waals surface area contributed by atoms with Gasteiger partial charge in [0.05, 0.1) is 18.7 Å².